The molecule has 3 aromatic carbocycles. The van der Waals surface area contributed by atoms with Gasteiger partial charge in [-0.3, -0.25) is 9.59 Å². The maximum atomic E-state index is 13.7. The van der Waals surface area contributed by atoms with Crippen LogP contribution in [0.2, 0.25) is 10.0 Å². The Kier molecular flexibility index (Phi) is 7.32. The molecule has 1 aliphatic rings. The summed E-state index contributed by atoms with van der Waals surface area (Å²) in [7, 11) is 0. The summed E-state index contributed by atoms with van der Waals surface area (Å²) >= 11 is 12.5. The molecule has 0 saturated carbocycles. The predicted molar refractivity (Wildman–Crippen MR) is 159 cm³/mol. The van der Waals surface area contributed by atoms with Gasteiger partial charge in [-0.25, -0.2) is 4.98 Å². The molecule has 5 aromatic rings. The number of hydrogen-bond donors (Lipinski definition) is 2. The lowest BCUT2D eigenvalue weighted by Gasteiger charge is -2.16. The number of hydrogen-bond acceptors (Lipinski definition) is 3. The van der Waals surface area contributed by atoms with Gasteiger partial charge in [0.15, 0.2) is 0 Å². The molecule has 2 aromatic heterocycles. The van der Waals surface area contributed by atoms with Gasteiger partial charge in [-0.2, -0.15) is 0 Å². The minimum atomic E-state index is -0.257. The molecule has 0 atom stereocenters. The number of nitrogens with one attached hydrogen (secondary N) is 2. The van der Waals surface area contributed by atoms with Crippen LogP contribution in [0, 0.1) is 0 Å². The monoisotopic (exact) mass is 571 g/mol. The predicted octanol–water partition coefficient (Wildman–Crippen LogP) is 6.41. The van der Waals surface area contributed by atoms with E-state index in [0.717, 1.165) is 51.9 Å². The summed E-state index contributed by atoms with van der Waals surface area (Å²) in [5.74, 6) is -0.124. The number of imidazole rings is 1. The van der Waals surface area contributed by atoms with E-state index < -0.39 is 0 Å². The quantitative estimate of drug-likeness (QED) is 0.226. The van der Waals surface area contributed by atoms with Crippen LogP contribution < -0.4 is 5.32 Å². The van der Waals surface area contributed by atoms with Gasteiger partial charge in [-0.05, 0) is 36.2 Å². The number of H-pyrrole nitrogens is 1. The van der Waals surface area contributed by atoms with Crippen molar-refractivity contribution in [2.75, 3.05) is 19.6 Å². The molecule has 6 rings (SSSR count). The smallest absolute Gasteiger partial charge is 0.268 e. The fourth-order valence-corrected chi connectivity index (χ4v) is 5.58. The third-order valence-corrected chi connectivity index (χ3v) is 7.70. The highest BCUT2D eigenvalue weighted by Crippen LogP contribution is 2.39. The van der Waals surface area contributed by atoms with E-state index in [4.69, 9.17) is 28.2 Å². The molecular weight excluding hydrogens is 545 g/mol. The van der Waals surface area contributed by atoms with Gasteiger partial charge in [-0.1, -0.05) is 71.7 Å². The van der Waals surface area contributed by atoms with Crippen LogP contribution in [0.3, 0.4) is 0 Å². The summed E-state index contributed by atoms with van der Waals surface area (Å²) in [6.45, 7) is 2.10. The van der Waals surface area contributed by atoms with Crippen molar-refractivity contribution in [3.8, 4) is 22.5 Å². The molecule has 1 saturated heterocycles. The van der Waals surface area contributed by atoms with Crippen LogP contribution in [0.1, 0.15) is 28.9 Å². The first-order valence-electron chi connectivity index (χ1n) is 13.2. The number of aromatic amines is 1. The van der Waals surface area contributed by atoms with E-state index in [1.165, 1.54) is 0 Å². The Labute approximate surface area is 241 Å². The fraction of sp³-hybridized carbons (Fsp3) is 0.194. The van der Waals surface area contributed by atoms with Crippen LogP contribution in [-0.2, 0) is 11.3 Å². The highest BCUT2D eigenvalue weighted by Gasteiger charge is 2.26. The van der Waals surface area contributed by atoms with Crippen LogP contribution in [0.4, 0.5) is 0 Å². The van der Waals surface area contributed by atoms with Crippen LogP contribution in [0.25, 0.3) is 33.4 Å². The minimum absolute atomic E-state index is 0.133. The summed E-state index contributed by atoms with van der Waals surface area (Å²) in [4.78, 5) is 35.7. The number of nitrogens with zero attached hydrogens (tertiary/aromatic N) is 3. The Hall–Kier alpha value is -4.07. The van der Waals surface area contributed by atoms with Crippen LogP contribution >= 0.6 is 23.2 Å². The lowest BCUT2D eigenvalue weighted by Crippen LogP contribution is -2.35. The molecule has 40 heavy (non-hydrogen) atoms. The van der Waals surface area contributed by atoms with Gasteiger partial charge in [0, 0.05) is 64.7 Å². The van der Waals surface area contributed by atoms with E-state index in [1.807, 2.05) is 79.1 Å². The number of carbonyl (C=O) groups is 2. The summed E-state index contributed by atoms with van der Waals surface area (Å²) < 4.78 is 2.06. The number of aromatic nitrogens is 3. The fourth-order valence-electron chi connectivity index (χ4n) is 5.28. The van der Waals surface area contributed by atoms with Crippen molar-refractivity contribution < 1.29 is 9.59 Å². The number of amides is 2. The maximum Gasteiger partial charge on any atom is 0.268 e. The molecule has 1 aliphatic heterocycles. The summed E-state index contributed by atoms with van der Waals surface area (Å²) in [5, 5.41) is 5.11. The van der Waals surface area contributed by atoms with Gasteiger partial charge in [0.1, 0.15) is 5.69 Å². The Balaban J connectivity index is 1.45. The number of fused-ring (bicyclic) bond motifs is 1. The second-order valence-corrected chi connectivity index (χ2v) is 10.7. The van der Waals surface area contributed by atoms with Crippen molar-refractivity contribution in [1.29, 1.82) is 0 Å². The van der Waals surface area contributed by atoms with Gasteiger partial charge >= 0.3 is 0 Å². The molecule has 2 amide bonds. The van der Waals surface area contributed by atoms with Gasteiger partial charge in [0.25, 0.3) is 5.91 Å². The first-order valence-corrected chi connectivity index (χ1v) is 14.0. The van der Waals surface area contributed by atoms with Crippen LogP contribution in [0.15, 0.2) is 79.1 Å². The third-order valence-electron chi connectivity index (χ3n) is 7.21. The zero-order valence-electron chi connectivity index (χ0n) is 21.7. The second-order valence-electron chi connectivity index (χ2n) is 9.87. The maximum absolute atomic E-state index is 13.7. The lowest BCUT2D eigenvalue weighted by atomic mass is 10.0. The molecule has 0 spiro atoms. The second kappa shape index (κ2) is 11.2. The van der Waals surface area contributed by atoms with E-state index in [-0.39, 0.29) is 11.8 Å². The highest BCUT2D eigenvalue weighted by molar-refractivity contribution is 6.31. The Morgan fingerprint density at radius 1 is 1.00 bits per heavy atom. The molecule has 202 valence electrons. The Morgan fingerprint density at radius 2 is 1.77 bits per heavy atom. The largest absolute Gasteiger partial charge is 0.350 e. The third kappa shape index (κ3) is 5.22. The van der Waals surface area contributed by atoms with Gasteiger partial charge in [0.2, 0.25) is 5.91 Å². The molecule has 7 nitrogen and oxygen atoms in total. The zero-order valence-corrected chi connectivity index (χ0v) is 23.2. The topological polar surface area (TPSA) is 83.0 Å². The minimum Gasteiger partial charge on any atom is -0.350 e. The van der Waals surface area contributed by atoms with Crippen molar-refractivity contribution in [3.05, 3.63) is 100 Å². The van der Waals surface area contributed by atoms with E-state index >= 15 is 0 Å². The van der Waals surface area contributed by atoms with Crippen LogP contribution in [0.5, 0.6) is 0 Å². The molecule has 0 aliphatic carbocycles. The summed E-state index contributed by atoms with van der Waals surface area (Å²) in [6.07, 6.45) is 3.24. The number of benzene rings is 3. The molecule has 0 bridgehead atoms. The first kappa shape index (κ1) is 26.2. The first-order chi connectivity index (χ1) is 19.5. The van der Waals surface area contributed by atoms with E-state index in [9.17, 15) is 9.59 Å². The highest BCUT2D eigenvalue weighted by atomic mass is 35.5. The summed E-state index contributed by atoms with van der Waals surface area (Å²) in [5.41, 5.74) is 5.48. The summed E-state index contributed by atoms with van der Waals surface area (Å²) in [6, 6.07) is 23.2. The van der Waals surface area contributed by atoms with Crippen molar-refractivity contribution in [1.82, 2.24) is 24.8 Å². The van der Waals surface area contributed by atoms with Gasteiger partial charge in [0.05, 0.1) is 17.7 Å². The molecular formula is C31H27Cl2N5O2. The van der Waals surface area contributed by atoms with Crippen LogP contribution in [-0.4, -0.2) is 50.9 Å². The van der Waals surface area contributed by atoms with E-state index in [1.54, 1.807) is 4.90 Å². The normalized spacial score (nSPS) is 13.3. The van der Waals surface area contributed by atoms with Crippen molar-refractivity contribution >= 4 is 45.9 Å². The van der Waals surface area contributed by atoms with Crippen molar-refractivity contribution in [2.24, 2.45) is 0 Å². The van der Waals surface area contributed by atoms with Crippen molar-refractivity contribution in [3.63, 3.8) is 0 Å². The zero-order chi connectivity index (χ0) is 27.6. The molecule has 1 fully saturated rings. The number of carbonyl (C=O) groups excluding carboxylic acids is 2. The molecule has 3 heterocycles. The standard InChI is InChI=1S/C31H27Cl2N5O2/c32-22-10-8-20(9-11-22)18-38-19-35-28(21-5-2-1-3-6-21)30(38)27-24-13-12-23(33)17-25(24)36-29(27)31(40)34-14-16-37-15-4-7-26(37)39/h1-3,5-6,8-13,17,19,36H,4,7,14-16,18H2,(H,34,40). The van der Waals surface area contributed by atoms with Gasteiger partial charge < -0.3 is 19.8 Å². The number of rotatable bonds is 8. The number of likely N-dealkylation sites (tertiary alicyclic amines) is 1. The van der Waals surface area contributed by atoms with Crippen molar-refractivity contribution in [2.45, 2.75) is 19.4 Å². The molecule has 0 unspecified atom stereocenters. The SMILES string of the molecule is O=C(NCCN1CCCC1=O)c1[nH]c2cc(Cl)ccc2c1-c1c(-c2ccccc2)ncn1Cc1ccc(Cl)cc1. The van der Waals surface area contributed by atoms with E-state index in [2.05, 4.69) is 14.9 Å². The average molecular weight is 572 g/mol. The van der Waals surface area contributed by atoms with E-state index in [0.29, 0.717) is 41.8 Å². The Bertz CT molecular complexity index is 1690. The molecule has 0 radical (unpaired) electrons. The lowest BCUT2D eigenvalue weighted by molar-refractivity contribution is -0.127. The Morgan fingerprint density at radius 3 is 2.52 bits per heavy atom. The molecule has 9 heteroatoms. The average Bonchev–Trinajstić information content (AvgIpc) is 3.66. The number of halogens is 2. The van der Waals surface area contributed by atoms with Gasteiger partial charge in [-0.15, -0.1) is 0 Å². The molecule has 2 N–H and O–H groups in total.